The molecular weight excluding hydrogens is 274 g/mol. The highest BCUT2D eigenvalue weighted by Crippen LogP contribution is 2.13. The maximum Gasteiger partial charge on any atom is 0.220 e. The smallest absolute Gasteiger partial charge is 0.220 e. The van der Waals surface area contributed by atoms with Crippen molar-refractivity contribution in [2.24, 2.45) is 7.05 Å². The maximum atomic E-state index is 11.7. The molecule has 1 rings (SSSR count). The molecule has 114 valence electrons. The van der Waals surface area contributed by atoms with Crippen molar-refractivity contribution < 1.29 is 9.90 Å². The third-order valence-electron chi connectivity index (χ3n) is 3.28. The minimum atomic E-state index is 0.0930. The summed E-state index contributed by atoms with van der Waals surface area (Å²) in [5.41, 5.74) is 3.33. The van der Waals surface area contributed by atoms with Crippen LogP contribution in [0.5, 0.6) is 0 Å². The van der Waals surface area contributed by atoms with Crippen LogP contribution in [-0.2, 0) is 18.3 Å². The molecule has 0 aromatic carbocycles. The van der Waals surface area contributed by atoms with E-state index in [0.29, 0.717) is 13.0 Å². The summed E-state index contributed by atoms with van der Waals surface area (Å²) >= 11 is 1.75. The van der Waals surface area contributed by atoms with Crippen LogP contribution in [-0.4, -0.2) is 45.5 Å². The lowest BCUT2D eigenvalue weighted by molar-refractivity contribution is -0.120. The fraction of sp³-hybridized carbons (Fsp3) is 0.714. The van der Waals surface area contributed by atoms with Gasteiger partial charge in [0.25, 0.3) is 0 Å². The van der Waals surface area contributed by atoms with Crippen LogP contribution >= 0.6 is 11.8 Å². The van der Waals surface area contributed by atoms with E-state index >= 15 is 0 Å². The van der Waals surface area contributed by atoms with E-state index < -0.39 is 0 Å². The topological polar surface area (TPSA) is 67.2 Å². The molecule has 0 radical (unpaired) electrons. The zero-order chi connectivity index (χ0) is 15.0. The van der Waals surface area contributed by atoms with Gasteiger partial charge >= 0.3 is 0 Å². The Morgan fingerprint density at radius 3 is 2.75 bits per heavy atom. The van der Waals surface area contributed by atoms with Crippen molar-refractivity contribution >= 4 is 17.7 Å². The van der Waals surface area contributed by atoms with E-state index in [4.69, 9.17) is 5.11 Å². The number of thioether (sulfide) groups is 1. The predicted octanol–water partition coefficient (Wildman–Crippen LogP) is 1.20. The Hall–Kier alpha value is -1.01. The summed E-state index contributed by atoms with van der Waals surface area (Å²) in [7, 11) is 1.93. The molecular formula is C14H25N3O2S. The molecule has 0 aliphatic heterocycles. The first-order valence-corrected chi connectivity index (χ1v) is 8.16. The Kier molecular flexibility index (Phi) is 7.69. The van der Waals surface area contributed by atoms with Crippen molar-refractivity contribution in [2.75, 3.05) is 24.7 Å². The number of rotatable bonds is 9. The highest BCUT2D eigenvalue weighted by molar-refractivity contribution is 7.99. The zero-order valence-electron chi connectivity index (χ0n) is 12.6. The molecule has 0 atom stereocenters. The van der Waals surface area contributed by atoms with Crippen LogP contribution in [0.25, 0.3) is 0 Å². The predicted molar refractivity (Wildman–Crippen MR) is 83.0 cm³/mol. The summed E-state index contributed by atoms with van der Waals surface area (Å²) in [6, 6.07) is 0. The van der Waals surface area contributed by atoms with Gasteiger partial charge in [-0.05, 0) is 38.0 Å². The average molecular weight is 299 g/mol. The average Bonchev–Trinajstić information content (AvgIpc) is 2.65. The number of carbonyl (C=O) groups excluding carboxylic acids is 1. The van der Waals surface area contributed by atoms with Crippen molar-refractivity contribution in [3.05, 3.63) is 17.0 Å². The molecule has 6 heteroatoms. The van der Waals surface area contributed by atoms with Crippen LogP contribution in [0, 0.1) is 13.8 Å². The number of nitrogens with zero attached hydrogens (tertiary/aromatic N) is 2. The fourth-order valence-corrected chi connectivity index (χ4v) is 2.82. The SMILES string of the molecule is Cc1nn(C)c(C)c1CCC(=O)NCCSCCCO. The Morgan fingerprint density at radius 1 is 1.40 bits per heavy atom. The number of nitrogens with one attached hydrogen (secondary N) is 1. The van der Waals surface area contributed by atoms with Gasteiger partial charge in [-0.15, -0.1) is 0 Å². The van der Waals surface area contributed by atoms with Crippen LogP contribution in [0.3, 0.4) is 0 Å². The standard InChI is InChI=1S/C14H25N3O2S/c1-11-13(12(2)17(3)16-11)5-6-14(19)15-7-10-20-9-4-8-18/h18H,4-10H2,1-3H3,(H,15,19). The lowest BCUT2D eigenvalue weighted by atomic mass is 10.1. The summed E-state index contributed by atoms with van der Waals surface area (Å²) in [6.07, 6.45) is 2.07. The Balaban J connectivity index is 2.20. The molecule has 0 spiro atoms. The van der Waals surface area contributed by atoms with E-state index in [9.17, 15) is 4.79 Å². The van der Waals surface area contributed by atoms with E-state index in [1.165, 1.54) is 5.56 Å². The number of aryl methyl sites for hydroxylation is 2. The van der Waals surface area contributed by atoms with Crippen molar-refractivity contribution in [1.82, 2.24) is 15.1 Å². The van der Waals surface area contributed by atoms with Crippen LogP contribution < -0.4 is 5.32 Å². The first-order chi connectivity index (χ1) is 9.56. The molecule has 0 fully saturated rings. The summed E-state index contributed by atoms with van der Waals surface area (Å²) in [5.74, 6) is 1.94. The number of hydrogen-bond donors (Lipinski definition) is 2. The number of aliphatic hydroxyl groups is 1. The number of aliphatic hydroxyl groups excluding tert-OH is 1. The maximum absolute atomic E-state index is 11.7. The molecule has 1 amide bonds. The van der Waals surface area contributed by atoms with Gasteiger partial charge in [0.2, 0.25) is 5.91 Å². The minimum Gasteiger partial charge on any atom is -0.396 e. The second-order valence-electron chi connectivity index (χ2n) is 4.81. The molecule has 0 saturated carbocycles. The largest absolute Gasteiger partial charge is 0.396 e. The number of hydrogen-bond acceptors (Lipinski definition) is 4. The normalized spacial score (nSPS) is 10.8. The molecule has 5 nitrogen and oxygen atoms in total. The van der Waals surface area contributed by atoms with Gasteiger partial charge in [0.1, 0.15) is 0 Å². The Labute approximate surface area is 125 Å². The van der Waals surface area contributed by atoms with Gasteiger partial charge in [-0.2, -0.15) is 16.9 Å². The highest BCUT2D eigenvalue weighted by Gasteiger charge is 2.10. The zero-order valence-corrected chi connectivity index (χ0v) is 13.4. The van der Waals surface area contributed by atoms with Crippen LogP contribution in [0.1, 0.15) is 29.8 Å². The van der Waals surface area contributed by atoms with Gasteiger partial charge in [-0.1, -0.05) is 0 Å². The Morgan fingerprint density at radius 2 is 2.15 bits per heavy atom. The van der Waals surface area contributed by atoms with Gasteiger partial charge in [-0.25, -0.2) is 0 Å². The summed E-state index contributed by atoms with van der Waals surface area (Å²) in [5, 5.41) is 15.9. The van der Waals surface area contributed by atoms with Crippen LogP contribution in [0.15, 0.2) is 0 Å². The minimum absolute atomic E-state index is 0.0930. The van der Waals surface area contributed by atoms with E-state index in [2.05, 4.69) is 10.4 Å². The molecule has 0 aliphatic rings. The van der Waals surface area contributed by atoms with Gasteiger partial charge in [0, 0.05) is 38.1 Å². The summed E-state index contributed by atoms with van der Waals surface area (Å²) in [6.45, 7) is 4.95. The molecule has 2 N–H and O–H groups in total. The van der Waals surface area contributed by atoms with Crippen molar-refractivity contribution in [1.29, 1.82) is 0 Å². The number of carbonyl (C=O) groups is 1. The van der Waals surface area contributed by atoms with Crippen LogP contribution in [0.2, 0.25) is 0 Å². The lowest BCUT2D eigenvalue weighted by Gasteiger charge is -2.05. The summed E-state index contributed by atoms with van der Waals surface area (Å²) < 4.78 is 1.86. The molecule has 1 aromatic heterocycles. The lowest BCUT2D eigenvalue weighted by Crippen LogP contribution is -2.26. The fourth-order valence-electron chi connectivity index (χ4n) is 2.04. The van der Waals surface area contributed by atoms with Crippen molar-refractivity contribution in [2.45, 2.75) is 33.1 Å². The Bertz CT molecular complexity index is 432. The van der Waals surface area contributed by atoms with Crippen molar-refractivity contribution in [3.8, 4) is 0 Å². The third-order valence-corrected chi connectivity index (χ3v) is 4.35. The molecule has 0 bridgehead atoms. The summed E-state index contributed by atoms with van der Waals surface area (Å²) in [4.78, 5) is 11.7. The quantitative estimate of drug-likeness (QED) is 0.673. The van der Waals surface area contributed by atoms with E-state index in [1.54, 1.807) is 11.8 Å². The van der Waals surface area contributed by atoms with Gasteiger partial charge in [0.15, 0.2) is 0 Å². The number of amides is 1. The first kappa shape index (κ1) is 17.0. The molecule has 1 heterocycles. The van der Waals surface area contributed by atoms with Gasteiger partial charge < -0.3 is 10.4 Å². The van der Waals surface area contributed by atoms with Gasteiger partial charge in [0.05, 0.1) is 5.69 Å². The molecule has 0 aliphatic carbocycles. The highest BCUT2D eigenvalue weighted by atomic mass is 32.2. The molecule has 1 aromatic rings. The monoisotopic (exact) mass is 299 g/mol. The van der Waals surface area contributed by atoms with E-state index in [-0.39, 0.29) is 12.5 Å². The first-order valence-electron chi connectivity index (χ1n) is 7.00. The second kappa shape index (κ2) is 9.02. The van der Waals surface area contributed by atoms with E-state index in [0.717, 1.165) is 35.7 Å². The third kappa shape index (κ3) is 5.54. The molecule has 20 heavy (non-hydrogen) atoms. The van der Waals surface area contributed by atoms with Crippen molar-refractivity contribution in [3.63, 3.8) is 0 Å². The van der Waals surface area contributed by atoms with Gasteiger partial charge in [-0.3, -0.25) is 9.48 Å². The number of aromatic nitrogens is 2. The second-order valence-corrected chi connectivity index (χ2v) is 6.04. The molecule has 0 unspecified atom stereocenters. The van der Waals surface area contributed by atoms with Crippen LogP contribution in [0.4, 0.5) is 0 Å². The van der Waals surface area contributed by atoms with E-state index in [1.807, 2.05) is 25.6 Å². The molecule has 0 saturated heterocycles.